The summed E-state index contributed by atoms with van der Waals surface area (Å²) in [6.07, 6.45) is 0. The number of aromatic carboxylic acids is 1. The van der Waals surface area contributed by atoms with Crippen LogP contribution in [-0.4, -0.2) is 42.3 Å². The van der Waals surface area contributed by atoms with E-state index in [4.69, 9.17) is 5.11 Å². The van der Waals surface area contributed by atoms with Gasteiger partial charge >= 0.3 is 5.97 Å². The minimum Gasteiger partial charge on any atom is -0.478 e. The molecule has 0 spiro atoms. The van der Waals surface area contributed by atoms with Crippen LogP contribution in [0.2, 0.25) is 0 Å². The third-order valence-electron chi connectivity index (χ3n) is 3.40. The first-order valence-corrected chi connectivity index (χ1v) is 9.72. The molecule has 0 aliphatic carbocycles. The van der Waals surface area contributed by atoms with Crippen LogP contribution in [0.3, 0.4) is 0 Å². The monoisotopic (exact) mass is 432 g/mol. The fraction of sp³-hybridized carbons (Fsp3) is 0. The highest BCUT2D eigenvalue weighted by atomic mass is 32.2. The summed E-state index contributed by atoms with van der Waals surface area (Å²) >= 11 is 0. The Labute approximate surface area is 155 Å². The SMILES string of the molecule is O=C(O)c1ccc(S(=O)(=O)c2ccc([N+](=O)[O-])cc2[N+](=O)[O-])c(S(=O)(=O)O)c1. The highest BCUT2D eigenvalue weighted by Gasteiger charge is 2.34. The largest absolute Gasteiger partial charge is 0.478 e. The van der Waals surface area contributed by atoms with Gasteiger partial charge in [-0.3, -0.25) is 24.8 Å². The Morgan fingerprint density at radius 1 is 0.857 bits per heavy atom. The maximum absolute atomic E-state index is 12.8. The molecule has 15 heteroatoms. The van der Waals surface area contributed by atoms with E-state index in [1.807, 2.05) is 0 Å². The van der Waals surface area contributed by atoms with Crippen LogP contribution >= 0.6 is 0 Å². The molecule has 0 amide bonds. The van der Waals surface area contributed by atoms with Crippen molar-refractivity contribution in [2.24, 2.45) is 0 Å². The average molecular weight is 432 g/mol. The minimum absolute atomic E-state index is 0.363. The molecule has 2 rings (SSSR count). The molecule has 0 unspecified atom stereocenters. The quantitative estimate of drug-likeness (QED) is 0.377. The van der Waals surface area contributed by atoms with E-state index < -0.39 is 67.4 Å². The van der Waals surface area contributed by atoms with Crippen LogP contribution in [0.15, 0.2) is 51.1 Å². The third-order valence-corrected chi connectivity index (χ3v) is 6.28. The van der Waals surface area contributed by atoms with E-state index in [0.717, 1.165) is 0 Å². The standard InChI is InChI=1S/C13H8N2O11S2/c16-13(17)7-1-3-11(12(5-7)28(24,25)26)27(22,23)10-4-2-8(14(18)19)6-9(10)15(20)21/h1-6H,(H,16,17)(H,24,25,26). The van der Waals surface area contributed by atoms with Crippen molar-refractivity contribution < 1.29 is 41.1 Å². The molecule has 0 aliphatic heterocycles. The first-order chi connectivity index (χ1) is 12.8. The minimum atomic E-state index is -5.26. The van der Waals surface area contributed by atoms with Crippen molar-refractivity contribution in [2.45, 2.75) is 14.7 Å². The maximum Gasteiger partial charge on any atom is 0.335 e. The Bertz CT molecular complexity index is 1230. The van der Waals surface area contributed by atoms with Gasteiger partial charge in [-0.05, 0) is 24.3 Å². The molecule has 0 aliphatic rings. The molecule has 0 saturated heterocycles. The number of rotatable bonds is 6. The number of nitrogens with zero attached hydrogens (tertiary/aromatic N) is 2. The summed E-state index contributed by atoms with van der Waals surface area (Å²) in [5.74, 6) is -1.63. The summed E-state index contributed by atoms with van der Waals surface area (Å²) in [6, 6.07) is 3.16. The zero-order chi connectivity index (χ0) is 21.4. The van der Waals surface area contributed by atoms with E-state index in [0.29, 0.717) is 36.4 Å². The van der Waals surface area contributed by atoms with E-state index in [-0.39, 0.29) is 0 Å². The molecule has 0 radical (unpaired) electrons. The number of sulfone groups is 1. The highest BCUT2D eigenvalue weighted by Crippen LogP contribution is 2.35. The second-order valence-corrected chi connectivity index (χ2v) is 8.39. The number of non-ortho nitro benzene ring substituents is 1. The van der Waals surface area contributed by atoms with Crippen LogP contribution in [0.1, 0.15) is 10.4 Å². The van der Waals surface area contributed by atoms with Crippen molar-refractivity contribution in [3.8, 4) is 0 Å². The lowest BCUT2D eigenvalue weighted by atomic mass is 10.2. The van der Waals surface area contributed by atoms with Crippen LogP contribution in [-0.2, 0) is 20.0 Å². The van der Waals surface area contributed by atoms with E-state index in [9.17, 15) is 46.4 Å². The number of nitro benzene ring substituents is 2. The number of carbonyl (C=O) groups is 1. The van der Waals surface area contributed by atoms with Crippen molar-refractivity contribution in [3.05, 3.63) is 62.2 Å². The van der Waals surface area contributed by atoms with Crippen LogP contribution in [0.5, 0.6) is 0 Å². The highest BCUT2D eigenvalue weighted by molar-refractivity contribution is 7.93. The fourth-order valence-electron chi connectivity index (χ4n) is 2.17. The van der Waals surface area contributed by atoms with Gasteiger partial charge in [-0.2, -0.15) is 8.42 Å². The second-order valence-electron chi connectivity index (χ2n) is 5.11. The van der Waals surface area contributed by atoms with Gasteiger partial charge in [0, 0.05) is 6.07 Å². The molecular weight excluding hydrogens is 424 g/mol. The van der Waals surface area contributed by atoms with Crippen LogP contribution in [0.4, 0.5) is 11.4 Å². The van der Waals surface area contributed by atoms with Gasteiger partial charge in [-0.15, -0.1) is 0 Å². The molecule has 2 aromatic carbocycles. The summed E-state index contributed by atoms with van der Waals surface area (Å²) in [5.41, 5.74) is -2.68. The summed E-state index contributed by atoms with van der Waals surface area (Å²) in [6.45, 7) is 0. The van der Waals surface area contributed by atoms with Gasteiger partial charge in [0.15, 0.2) is 0 Å². The number of nitro groups is 2. The van der Waals surface area contributed by atoms with Crippen LogP contribution < -0.4 is 0 Å². The number of carboxylic acid groups (broad SMARTS) is 1. The first kappa shape index (κ1) is 20.9. The van der Waals surface area contributed by atoms with Crippen molar-refractivity contribution in [3.63, 3.8) is 0 Å². The summed E-state index contributed by atoms with van der Waals surface area (Å²) in [5, 5.41) is 30.8. The Kier molecular flexibility index (Phi) is 5.18. The Morgan fingerprint density at radius 3 is 1.89 bits per heavy atom. The Hall–Kier alpha value is -3.43. The lowest BCUT2D eigenvalue weighted by Gasteiger charge is -2.10. The molecule has 2 N–H and O–H groups in total. The van der Waals surface area contributed by atoms with Crippen molar-refractivity contribution >= 4 is 37.3 Å². The second kappa shape index (κ2) is 6.95. The number of benzene rings is 2. The predicted molar refractivity (Wildman–Crippen MR) is 88.4 cm³/mol. The zero-order valence-electron chi connectivity index (χ0n) is 13.2. The van der Waals surface area contributed by atoms with Crippen LogP contribution in [0, 0.1) is 20.2 Å². The molecule has 13 nitrogen and oxygen atoms in total. The van der Waals surface area contributed by atoms with Gasteiger partial charge in [-0.1, -0.05) is 0 Å². The molecule has 0 saturated carbocycles. The van der Waals surface area contributed by atoms with Crippen molar-refractivity contribution in [1.29, 1.82) is 0 Å². The normalized spacial score (nSPS) is 11.8. The molecule has 0 aromatic heterocycles. The van der Waals surface area contributed by atoms with E-state index in [1.165, 1.54) is 0 Å². The predicted octanol–water partition coefficient (Wildman–Crippen LogP) is 1.28. The number of hydrogen-bond acceptors (Lipinski definition) is 9. The topological polar surface area (TPSA) is 212 Å². The maximum atomic E-state index is 12.8. The fourth-order valence-corrected chi connectivity index (χ4v) is 4.88. The molecule has 0 atom stereocenters. The molecule has 148 valence electrons. The molecular formula is C13H8N2O11S2. The molecule has 0 fully saturated rings. The molecule has 0 heterocycles. The number of carboxylic acids is 1. The van der Waals surface area contributed by atoms with Crippen molar-refractivity contribution in [2.75, 3.05) is 0 Å². The van der Waals surface area contributed by atoms with Gasteiger partial charge < -0.3 is 5.11 Å². The Balaban J connectivity index is 2.88. The van der Waals surface area contributed by atoms with Gasteiger partial charge in [0.1, 0.15) is 9.79 Å². The summed E-state index contributed by atoms with van der Waals surface area (Å²) in [4.78, 5) is 27.1. The molecule has 0 bridgehead atoms. The summed E-state index contributed by atoms with van der Waals surface area (Å²) in [7, 11) is -10.3. The van der Waals surface area contributed by atoms with Crippen LogP contribution in [0.25, 0.3) is 0 Å². The average Bonchev–Trinajstić information content (AvgIpc) is 2.59. The smallest absolute Gasteiger partial charge is 0.335 e. The van der Waals surface area contributed by atoms with Crippen molar-refractivity contribution in [1.82, 2.24) is 0 Å². The third kappa shape index (κ3) is 3.80. The van der Waals surface area contributed by atoms with Gasteiger partial charge in [0.05, 0.1) is 26.4 Å². The lowest BCUT2D eigenvalue weighted by Crippen LogP contribution is -2.13. The van der Waals surface area contributed by atoms with Gasteiger partial charge in [-0.25, -0.2) is 13.2 Å². The number of hydrogen-bond donors (Lipinski definition) is 2. The Morgan fingerprint density at radius 2 is 1.43 bits per heavy atom. The molecule has 28 heavy (non-hydrogen) atoms. The van der Waals surface area contributed by atoms with E-state index in [1.54, 1.807) is 0 Å². The molecule has 2 aromatic rings. The van der Waals surface area contributed by atoms with E-state index in [2.05, 4.69) is 0 Å². The first-order valence-electron chi connectivity index (χ1n) is 6.79. The van der Waals surface area contributed by atoms with E-state index >= 15 is 0 Å². The zero-order valence-corrected chi connectivity index (χ0v) is 14.9. The summed E-state index contributed by atoms with van der Waals surface area (Å²) < 4.78 is 57.9. The lowest BCUT2D eigenvalue weighted by molar-refractivity contribution is -0.396. The van der Waals surface area contributed by atoms with Gasteiger partial charge in [0.25, 0.3) is 21.5 Å². The van der Waals surface area contributed by atoms with Gasteiger partial charge in [0.2, 0.25) is 9.84 Å².